The number of hydrogen-bond acceptors (Lipinski definition) is 5. The molecule has 19 heavy (non-hydrogen) atoms. The van der Waals surface area contributed by atoms with Crippen LogP contribution in [0.25, 0.3) is 0 Å². The number of hydrogen-bond donors (Lipinski definition) is 2. The predicted molar refractivity (Wildman–Crippen MR) is 71.0 cm³/mol. The van der Waals surface area contributed by atoms with E-state index >= 15 is 0 Å². The van der Waals surface area contributed by atoms with Gasteiger partial charge in [-0.1, -0.05) is 12.8 Å². The van der Waals surface area contributed by atoms with E-state index in [4.69, 9.17) is 0 Å². The Kier molecular flexibility index (Phi) is 3.70. The van der Waals surface area contributed by atoms with Gasteiger partial charge in [-0.2, -0.15) is 0 Å². The number of carboxylic acids is 1. The largest absolute Gasteiger partial charge is 0.480 e. The van der Waals surface area contributed by atoms with E-state index in [9.17, 15) is 20.0 Å². The molecule has 1 aliphatic rings. The Morgan fingerprint density at radius 1 is 1.53 bits per heavy atom. The summed E-state index contributed by atoms with van der Waals surface area (Å²) in [5, 5.41) is 23.1. The van der Waals surface area contributed by atoms with Crippen LogP contribution in [0.2, 0.25) is 0 Å². The summed E-state index contributed by atoms with van der Waals surface area (Å²) in [4.78, 5) is 25.7. The van der Waals surface area contributed by atoms with Crippen molar-refractivity contribution in [1.82, 2.24) is 4.98 Å². The number of pyridine rings is 1. The standard InChI is InChI=1S/C11H12BrN3O4/c12-7-5-8(15(18)19)9(13-6-7)14-11(10(16)17)3-1-2-4-11/h5-6H,1-4H2,(H,13,14)(H,16,17). The highest BCUT2D eigenvalue weighted by Gasteiger charge is 2.42. The van der Waals surface area contributed by atoms with Gasteiger partial charge in [-0.05, 0) is 28.8 Å². The molecule has 0 radical (unpaired) electrons. The van der Waals surface area contributed by atoms with Crippen LogP contribution in [-0.4, -0.2) is 26.5 Å². The molecule has 1 saturated carbocycles. The molecular formula is C11H12BrN3O4. The average Bonchev–Trinajstić information content (AvgIpc) is 2.81. The Labute approximate surface area is 117 Å². The number of anilines is 1. The molecule has 1 fully saturated rings. The number of carboxylic acid groups (broad SMARTS) is 1. The van der Waals surface area contributed by atoms with Gasteiger partial charge in [-0.3, -0.25) is 10.1 Å². The van der Waals surface area contributed by atoms with E-state index in [1.54, 1.807) is 0 Å². The highest BCUT2D eigenvalue weighted by molar-refractivity contribution is 9.10. The lowest BCUT2D eigenvalue weighted by Gasteiger charge is -2.25. The van der Waals surface area contributed by atoms with Crippen LogP contribution in [0.4, 0.5) is 11.5 Å². The summed E-state index contributed by atoms with van der Waals surface area (Å²) in [6.07, 6.45) is 3.85. The fourth-order valence-electron chi connectivity index (χ4n) is 2.26. The van der Waals surface area contributed by atoms with Crippen LogP contribution < -0.4 is 5.32 Å². The number of rotatable bonds is 4. The van der Waals surface area contributed by atoms with Crippen LogP contribution in [-0.2, 0) is 4.79 Å². The van der Waals surface area contributed by atoms with Crippen LogP contribution in [0.3, 0.4) is 0 Å². The topological polar surface area (TPSA) is 105 Å². The summed E-state index contributed by atoms with van der Waals surface area (Å²) in [6, 6.07) is 1.31. The summed E-state index contributed by atoms with van der Waals surface area (Å²) in [5.41, 5.74) is -1.38. The molecule has 1 aliphatic carbocycles. The van der Waals surface area contributed by atoms with Crippen molar-refractivity contribution < 1.29 is 14.8 Å². The SMILES string of the molecule is O=C(O)C1(Nc2ncc(Br)cc2[N+](=O)[O-])CCCC1. The first kappa shape index (κ1) is 13.7. The van der Waals surface area contributed by atoms with E-state index in [-0.39, 0.29) is 11.5 Å². The van der Waals surface area contributed by atoms with E-state index in [1.165, 1.54) is 12.3 Å². The third kappa shape index (κ3) is 2.67. The smallest absolute Gasteiger partial charge is 0.329 e. The molecule has 1 aromatic rings. The molecule has 0 saturated heterocycles. The fraction of sp³-hybridized carbons (Fsp3) is 0.455. The number of nitrogens with zero attached hydrogens (tertiary/aromatic N) is 2. The van der Waals surface area contributed by atoms with Gasteiger partial charge >= 0.3 is 11.7 Å². The zero-order valence-electron chi connectivity index (χ0n) is 9.93. The van der Waals surface area contributed by atoms with Crippen molar-refractivity contribution in [1.29, 1.82) is 0 Å². The van der Waals surface area contributed by atoms with Crippen LogP contribution in [0.15, 0.2) is 16.7 Å². The predicted octanol–water partition coefficient (Wildman–Crippen LogP) is 2.56. The van der Waals surface area contributed by atoms with E-state index in [1.807, 2.05) is 0 Å². The number of nitro groups is 1. The summed E-state index contributed by atoms with van der Waals surface area (Å²) >= 11 is 3.11. The van der Waals surface area contributed by atoms with Crippen molar-refractivity contribution in [3.8, 4) is 0 Å². The first-order valence-electron chi connectivity index (χ1n) is 5.76. The first-order chi connectivity index (χ1) is 8.94. The van der Waals surface area contributed by atoms with Crippen LogP contribution in [0.5, 0.6) is 0 Å². The average molecular weight is 330 g/mol. The minimum absolute atomic E-state index is 0.00231. The Balaban J connectivity index is 2.37. The zero-order chi connectivity index (χ0) is 14.0. The van der Waals surface area contributed by atoms with Gasteiger partial charge in [0.05, 0.1) is 4.92 Å². The lowest BCUT2D eigenvalue weighted by atomic mass is 9.98. The normalized spacial score (nSPS) is 17.1. The Hall–Kier alpha value is -1.70. The molecule has 0 spiro atoms. The number of carbonyl (C=O) groups is 1. The highest BCUT2D eigenvalue weighted by atomic mass is 79.9. The van der Waals surface area contributed by atoms with Gasteiger partial charge in [-0.15, -0.1) is 0 Å². The van der Waals surface area contributed by atoms with Gasteiger partial charge in [0.1, 0.15) is 5.54 Å². The molecule has 0 unspecified atom stereocenters. The van der Waals surface area contributed by atoms with Crippen LogP contribution in [0, 0.1) is 10.1 Å². The van der Waals surface area contributed by atoms with Crippen molar-refractivity contribution in [2.24, 2.45) is 0 Å². The van der Waals surface area contributed by atoms with E-state index in [2.05, 4.69) is 26.2 Å². The molecule has 2 N–H and O–H groups in total. The van der Waals surface area contributed by atoms with Crippen molar-refractivity contribution in [3.63, 3.8) is 0 Å². The second kappa shape index (κ2) is 5.12. The number of halogens is 1. The minimum Gasteiger partial charge on any atom is -0.480 e. The van der Waals surface area contributed by atoms with Crippen molar-refractivity contribution in [2.75, 3.05) is 5.32 Å². The van der Waals surface area contributed by atoms with Crippen molar-refractivity contribution in [2.45, 2.75) is 31.2 Å². The minimum atomic E-state index is -1.15. The maximum Gasteiger partial charge on any atom is 0.329 e. The monoisotopic (exact) mass is 329 g/mol. The van der Waals surface area contributed by atoms with Gasteiger partial charge in [0.2, 0.25) is 5.82 Å². The number of aliphatic carboxylic acids is 1. The summed E-state index contributed by atoms with van der Waals surface area (Å²) in [7, 11) is 0. The van der Waals surface area contributed by atoms with E-state index < -0.39 is 16.4 Å². The molecule has 0 aliphatic heterocycles. The molecule has 0 aromatic carbocycles. The van der Waals surface area contributed by atoms with Gasteiger partial charge in [0.25, 0.3) is 0 Å². The van der Waals surface area contributed by atoms with E-state index in [0.717, 1.165) is 12.8 Å². The quantitative estimate of drug-likeness (QED) is 0.649. The Morgan fingerprint density at radius 3 is 2.68 bits per heavy atom. The third-order valence-corrected chi connectivity index (χ3v) is 3.69. The molecular weight excluding hydrogens is 318 g/mol. The fourth-order valence-corrected chi connectivity index (χ4v) is 2.58. The molecule has 0 amide bonds. The Morgan fingerprint density at radius 2 is 2.16 bits per heavy atom. The number of nitrogens with one attached hydrogen (secondary N) is 1. The molecule has 1 heterocycles. The van der Waals surface area contributed by atoms with Crippen LogP contribution in [0.1, 0.15) is 25.7 Å². The van der Waals surface area contributed by atoms with Gasteiger partial charge in [0, 0.05) is 16.7 Å². The summed E-state index contributed by atoms with van der Waals surface area (Å²) in [5.74, 6) is -0.999. The number of aromatic nitrogens is 1. The molecule has 2 rings (SSSR count). The maximum absolute atomic E-state index is 11.4. The maximum atomic E-state index is 11.4. The molecule has 1 aromatic heterocycles. The Bertz CT molecular complexity index is 529. The lowest BCUT2D eigenvalue weighted by molar-refractivity contribution is -0.384. The molecule has 8 heteroatoms. The summed E-state index contributed by atoms with van der Waals surface area (Å²) in [6.45, 7) is 0. The van der Waals surface area contributed by atoms with Crippen molar-refractivity contribution >= 4 is 33.4 Å². The van der Waals surface area contributed by atoms with Gasteiger partial charge < -0.3 is 10.4 Å². The van der Waals surface area contributed by atoms with Gasteiger partial charge in [0.15, 0.2) is 0 Å². The third-order valence-electron chi connectivity index (χ3n) is 3.26. The van der Waals surface area contributed by atoms with E-state index in [0.29, 0.717) is 17.3 Å². The highest BCUT2D eigenvalue weighted by Crippen LogP contribution is 2.36. The van der Waals surface area contributed by atoms with Crippen LogP contribution >= 0.6 is 15.9 Å². The second-order valence-corrected chi connectivity index (χ2v) is 5.41. The van der Waals surface area contributed by atoms with Gasteiger partial charge in [-0.25, -0.2) is 9.78 Å². The van der Waals surface area contributed by atoms with Crippen molar-refractivity contribution in [3.05, 3.63) is 26.9 Å². The lowest BCUT2D eigenvalue weighted by Crippen LogP contribution is -2.44. The molecule has 0 atom stereocenters. The first-order valence-corrected chi connectivity index (χ1v) is 6.55. The molecule has 0 bridgehead atoms. The summed E-state index contributed by atoms with van der Waals surface area (Å²) < 4.78 is 0.473. The molecule has 102 valence electrons. The second-order valence-electron chi connectivity index (χ2n) is 4.50. The molecule has 7 nitrogen and oxygen atoms in total. The zero-order valence-corrected chi connectivity index (χ0v) is 11.5.